The fraction of sp³-hybridized carbons (Fsp3) is 0.400. The SMILES string of the molecule is Fc1ccc(Cl)c(NC2CCC2)c1. The maximum absolute atomic E-state index is 12.8. The molecule has 0 aliphatic heterocycles. The Labute approximate surface area is 81.9 Å². The second-order valence-corrected chi connectivity index (χ2v) is 3.80. The number of hydrogen-bond donors (Lipinski definition) is 1. The van der Waals surface area contributed by atoms with Crippen molar-refractivity contribution in [1.82, 2.24) is 0 Å². The molecular weight excluding hydrogens is 189 g/mol. The largest absolute Gasteiger partial charge is 0.381 e. The highest BCUT2D eigenvalue weighted by Crippen LogP contribution is 2.28. The smallest absolute Gasteiger partial charge is 0.125 e. The lowest BCUT2D eigenvalue weighted by Crippen LogP contribution is -2.27. The highest BCUT2D eigenvalue weighted by Gasteiger charge is 2.17. The first-order chi connectivity index (χ1) is 6.25. The molecule has 1 saturated carbocycles. The fourth-order valence-electron chi connectivity index (χ4n) is 1.38. The maximum atomic E-state index is 12.8. The Hall–Kier alpha value is -0.760. The van der Waals surface area contributed by atoms with Gasteiger partial charge in [0.15, 0.2) is 0 Å². The summed E-state index contributed by atoms with van der Waals surface area (Å²) >= 11 is 5.89. The standard InChI is InChI=1S/C10H11ClFN/c11-9-5-4-7(12)6-10(9)13-8-2-1-3-8/h4-6,8,13H,1-3H2. The molecule has 1 aromatic carbocycles. The molecule has 0 atom stereocenters. The van der Waals surface area contributed by atoms with Crippen LogP contribution < -0.4 is 5.32 Å². The van der Waals surface area contributed by atoms with E-state index in [4.69, 9.17) is 11.6 Å². The van der Waals surface area contributed by atoms with Crippen molar-refractivity contribution in [2.24, 2.45) is 0 Å². The Balaban J connectivity index is 2.13. The molecule has 2 rings (SSSR count). The average Bonchev–Trinajstić information content (AvgIpc) is 2.03. The van der Waals surface area contributed by atoms with Gasteiger partial charge in [0, 0.05) is 6.04 Å². The van der Waals surface area contributed by atoms with Crippen LogP contribution in [0.3, 0.4) is 0 Å². The Morgan fingerprint density at radius 2 is 2.15 bits per heavy atom. The molecule has 3 heteroatoms. The lowest BCUT2D eigenvalue weighted by atomic mass is 9.93. The third-order valence-electron chi connectivity index (χ3n) is 2.39. The first-order valence-electron chi connectivity index (χ1n) is 4.47. The van der Waals surface area contributed by atoms with Crippen molar-refractivity contribution in [1.29, 1.82) is 0 Å². The summed E-state index contributed by atoms with van der Waals surface area (Å²) in [6.07, 6.45) is 3.57. The van der Waals surface area contributed by atoms with Crippen molar-refractivity contribution in [3.8, 4) is 0 Å². The van der Waals surface area contributed by atoms with E-state index < -0.39 is 0 Å². The molecule has 0 amide bonds. The first-order valence-corrected chi connectivity index (χ1v) is 4.85. The quantitative estimate of drug-likeness (QED) is 0.770. The Bertz CT molecular complexity index is 310. The van der Waals surface area contributed by atoms with Gasteiger partial charge in [-0.2, -0.15) is 0 Å². The molecule has 1 N–H and O–H groups in total. The van der Waals surface area contributed by atoms with E-state index in [0.717, 1.165) is 12.8 Å². The maximum Gasteiger partial charge on any atom is 0.125 e. The number of hydrogen-bond acceptors (Lipinski definition) is 1. The molecule has 1 aliphatic carbocycles. The zero-order valence-electron chi connectivity index (χ0n) is 7.19. The second-order valence-electron chi connectivity index (χ2n) is 3.40. The molecule has 0 unspecified atom stereocenters. The van der Waals surface area contributed by atoms with Gasteiger partial charge in [-0.1, -0.05) is 11.6 Å². The molecule has 0 saturated heterocycles. The number of benzene rings is 1. The molecule has 1 aromatic rings. The highest BCUT2D eigenvalue weighted by atomic mass is 35.5. The Kier molecular flexibility index (Phi) is 2.40. The molecule has 0 aromatic heterocycles. The summed E-state index contributed by atoms with van der Waals surface area (Å²) in [6, 6.07) is 4.88. The molecule has 0 heterocycles. The zero-order valence-corrected chi connectivity index (χ0v) is 7.94. The van der Waals surface area contributed by atoms with Crippen LogP contribution in [0.25, 0.3) is 0 Å². The first kappa shape index (κ1) is 8.82. The molecule has 1 fully saturated rings. The summed E-state index contributed by atoms with van der Waals surface area (Å²) in [5.41, 5.74) is 0.714. The predicted molar refractivity (Wildman–Crippen MR) is 52.7 cm³/mol. The van der Waals surface area contributed by atoms with Gasteiger partial charge in [-0.05, 0) is 37.5 Å². The molecule has 1 aliphatic rings. The van der Waals surface area contributed by atoms with Gasteiger partial charge in [-0.15, -0.1) is 0 Å². The normalized spacial score (nSPS) is 16.8. The van der Waals surface area contributed by atoms with Crippen LogP contribution in [-0.2, 0) is 0 Å². The van der Waals surface area contributed by atoms with E-state index in [1.807, 2.05) is 0 Å². The van der Waals surface area contributed by atoms with E-state index in [-0.39, 0.29) is 5.82 Å². The predicted octanol–water partition coefficient (Wildman–Crippen LogP) is 3.44. The molecule has 0 radical (unpaired) electrons. The van der Waals surface area contributed by atoms with Gasteiger partial charge < -0.3 is 5.32 Å². The summed E-state index contributed by atoms with van der Waals surface area (Å²) < 4.78 is 12.8. The van der Waals surface area contributed by atoms with Gasteiger partial charge in [-0.3, -0.25) is 0 Å². The van der Waals surface area contributed by atoms with Crippen LogP contribution in [0.5, 0.6) is 0 Å². The van der Waals surface area contributed by atoms with Crippen molar-refractivity contribution >= 4 is 17.3 Å². The second kappa shape index (κ2) is 3.54. The van der Waals surface area contributed by atoms with Crippen molar-refractivity contribution in [3.63, 3.8) is 0 Å². The minimum Gasteiger partial charge on any atom is -0.381 e. The molecule has 1 nitrogen and oxygen atoms in total. The van der Waals surface area contributed by atoms with Crippen LogP contribution in [0.1, 0.15) is 19.3 Å². The van der Waals surface area contributed by atoms with E-state index in [1.54, 1.807) is 6.07 Å². The van der Waals surface area contributed by atoms with Gasteiger partial charge in [0.1, 0.15) is 5.82 Å². The van der Waals surface area contributed by atoms with Crippen molar-refractivity contribution in [3.05, 3.63) is 29.0 Å². The number of anilines is 1. The summed E-state index contributed by atoms with van der Waals surface area (Å²) in [5, 5.41) is 3.81. The van der Waals surface area contributed by atoms with E-state index in [2.05, 4.69) is 5.32 Å². The molecule has 0 bridgehead atoms. The highest BCUT2D eigenvalue weighted by molar-refractivity contribution is 6.33. The van der Waals surface area contributed by atoms with E-state index >= 15 is 0 Å². The van der Waals surface area contributed by atoms with Crippen LogP contribution in [0.4, 0.5) is 10.1 Å². The number of halogens is 2. The van der Waals surface area contributed by atoms with Crippen molar-refractivity contribution in [2.75, 3.05) is 5.32 Å². The van der Waals surface area contributed by atoms with Gasteiger partial charge in [0.25, 0.3) is 0 Å². The number of rotatable bonds is 2. The van der Waals surface area contributed by atoms with Crippen LogP contribution >= 0.6 is 11.6 Å². The third-order valence-corrected chi connectivity index (χ3v) is 2.72. The molecule has 70 valence electrons. The van der Waals surface area contributed by atoms with Gasteiger partial charge in [-0.25, -0.2) is 4.39 Å². The van der Waals surface area contributed by atoms with Crippen LogP contribution in [0.2, 0.25) is 5.02 Å². The average molecular weight is 200 g/mol. The van der Waals surface area contributed by atoms with E-state index in [0.29, 0.717) is 16.8 Å². The van der Waals surface area contributed by atoms with Crippen molar-refractivity contribution in [2.45, 2.75) is 25.3 Å². The minimum atomic E-state index is -0.244. The van der Waals surface area contributed by atoms with Gasteiger partial charge in [0.2, 0.25) is 0 Å². The molecule has 13 heavy (non-hydrogen) atoms. The lowest BCUT2D eigenvalue weighted by molar-refractivity contribution is 0.445. The van der Waals surface area contributed by atoms with E-state index in [9.17, 15) is 4.39 Å². The van der Waals surface area contributed by atoms with Crippen LogP contribution in [-0.4, -0.2) is 6.04 Å². The third kappa shape index (κ3) is 1.94. The monoisotopic (exact) mass is 199 g/mol. The zero-order chi connectivity index (χ0) is 9.26. The van der Waals surface area contributed by atoms with Gasteiger partial charge in [0.05, 0.1) is 10.7 Å². The summed E-state index contributed by atoms with van der Waals surface area (Å²) in [5.74, 6) is -0.244. The summed E-state index contributed by atoms with van der Waals surface area (Å²) in [7, 11) is 0. The van der Waals surface area contributed by atoms with Crippen molar-refractivity contribution < 1.29 is 4.39 Å². The van der Waals surface area contributed by atoms with Crippen LogP contribution in [0.15, 0.2) is 18.2 Å². The number of nitrogens with one attached hydrogen (secondary N) is 1. The Morgan fingerprint density at radius 3 is 2.77 bits per heavy atom. The Morgan fingerprint density at radius 1 is 1.38 bits per heavy atom. The lowest BCUT2D eigenvalue weighted by Gasteiger charge is -2.27. The van der Waals surface area contributed by atoms with E-state index in [1.165, 1.54) is 18.6 Å². The summed E-state index contributed by atoms with van der Waals surface area (Å²) in [4.78, 5) is 0. The molecule has 0 spiro atoms. The van der Waals surface area contributed by atoms with Gasteiger partial charge >= 0.3 is 0 Å². The topological polar surface area (TPSA) is 12.0 Å². The minimum absolute atomic E-state index is 0.244. The fourth-order valence-corrected chi connectivity index (χ4v) is 1.55. The van der Waals surface area contributed by atoms with Crippen LogP contribution in [0, 0.1) is 5.82 Å². The molecular formula is C10H11ClFN. The summed E-state index contributed by atoms with van der Waals surface area (Å²) in [6.45, 7) is 0.